The summed E-state index contributed by atoms with van der Waals surface area (Å²) in [5.41, 5.74) is 16.0. The number of fused-ring (bicyclic) bond motifs is 6. The minimum absolute atomic E-state index is 0. The standard InChI is InChI=1S/C24H24.2ClH.Zr/c1-15-5-6-16(2)22-12-19(11-21(15)22)9-10-20-13-23-17(3)7-8-18(4)24(23)14-20;;;/h5-8,11-14H,9-10H2,1-4H3;2*1H;/q;;;+2/p-2. The van der Waals surface area contributed by atoms with Gasteiger partial charge in [0.05, 0.1) is 0 Å². The van der Waals surface area contributed by atoms with E-state index in [-0.39, 0.29) is 24.8 Å². The molecule has 0 unspecified atom stereocenters. The van der Waals surface area contributed by atoms with Crippen molar-refractivity contribution < 1.29 is 48.0 Å². The van der Waals surface area contributed by atoms with Gasteiger partial charge in [0, 0.05) is 0 Å². The van der Waals surface area contributed by atoms with Crippen molar-refractivity contribution in [3.8, 4) is 0 Å². The van der Waals surface area contributed by atoms with E-state index in [4.69, 9.17) is 0 Å². The second-order valence-corrected chi connectivity index (χ2v) is 11.7. The Balaban J connectivity index is 0.00000105. The quantitative estimate of drug-likeness (QED) is 0.518. The molecule has 0 spiro atoms. The van der Waals surface area contributed by atoms with Gasteiger partial charge in [-0.25, -0.2) is 0 Å². The van der Waals surface area contributed by atoms with Gasteiger partial charge < -0.3 is 24.8 Å². The SMILES string of the molecule is Cc1ccc(C)c2c1C=C1CCC3=Cc4c(C)ccc(C)c4[C@H]3[Zr+2][C@H]12.[Cl-].[Cl-]. The zero-order chi connectivity index (χ0) is 17.3. The number of hydrogen-bond donors (Lipinski definition) is 0. The summed E-state index contributed by atoms with van der Waals surface area (Å²) in [6.45, 7) is 9.23. The maximum absolute atomic E-state index is 2.56. The van der Waals surface area contributed by atoms with Crippen LogP contribution in [0.25, 0.3) is 12.2 Å². The van der Waals surface area contributed by atoms with Crippen molar-refractivity contribution in [1.82, 2.24) is 0 Å². The maximum Gasteiger partial charge on any atom is -1.00 e. The molecule has 138 valence electrons. The summed E-state index contributed by atoms with van der Waals surface area (Å²) in [5.74, 6) is 0. The van der Waals surface area contributed by atoms with Crippen molar-refractivity contribution in [3.05, 3.63) is 79.9 Å². The van der Waals surface area contributed by atoms with Gasteiger partial charge in [0.15, 0.2) is 0 Å². The molecule has 0 amide bonds. The number of aryl methyl sites for hydroxylation is 4. The second-order valence-electron chi connectivity index (χ2n) is 8.02. The number of halogens is 2. The van der Waals surface area contributed by atoms with Crippen molar-refractivity contribution >= 4 is 12.2 Å². The average Bonchev–Trinajstić information content (AvgIpc) is 3.10. The fourth-order valence-electron chi connectivity index (χ4n) is 5.04. The summed E-state index contributed by atoms with van der Waals surface area (Å²) in [4.78, 5) is 0. The molecule has 0 saturated carbocycles. The van der Waals surface area contributed by atoms with E-state index >= 15 is 0 Å². The van der Waals surface area contributed by atoms with Gasteiger partial charge in [0.2, 0.25) is 0 Å². The molecule has 27 heavy (non-hydrogen) atoms. The zero-order valence-corrected chi connectivity index (χ0v) is 20.3. The molecule has 0 bridgehead atoms. The third-order valence-electron chi connectivity index (χ3n) is 6.46. The Morgan fingerprint density at radius 1 is 0.630 bits per heavy atom. The third-order valence-corrected chi connectivity index (χ3v) is 11.3. The molecule has 0 aromatic heterocycles. The monoisotopic (exact) mass is 472 g/mol. The van der Waals surface area contributed by atoms with E-state index in [0.29, 0.717) is 0 Å². The zero-order valence-electron chi connectivity index (χ0n) is 16.3. The van der Waals surface area contributed by atoms with Crippen LogP contribution in [0.5, 0.6) is 0 Å². The van der Waals surface area contributed by atoms with Gasteiger partial charge in [0.1, 0.15) is 0 Å². The Morgan fingerprint density at radius 2 is 1.00 bits per heavy atom. The van der Waals surface area contributed by atoms with E-state index in [9.17, 15) is 0 Å². The molecule has 2 aromatic carbocycles. The van der Waals surface area contributed by atoms with Crippen molar-refractivity contribution in [2.75, 3.05) is 0 Å². The molecular weight excluding hydrogens is 450 g/mol. The van der Waals surface area contributed by atoms with Crippen LogP contribution in [0.4, 0.5) is 0 Å². The Kier molecular flexibility index (Phi) is 5.99. The normalized spacial score (nSPS) is 20.9. The van der Waals surface area contributed by atoms with Crippen LogP contribution in [0.1, 0.15) is 64.6 Å². The molecular formula is C24H24Cl2Zr. The summed E-state index contributed by atoms with van der Waals surface area (Å²) in [5, 5.41) is 0. The molecule has 1 aliphatic heterocycles. The van der Waals surface area contributed by atoms with Crippen molar-refractivity contribution in [3.63, 3.8) is 0 Å². The van der Waals surface area contributed by atoms with Gasteiger partial charge >= 0.3 is 163 Å². The summed E-state index contributed by atoms with van der Waals surface area (Å²) in [6, 6.07) is 9.32. The summed E-state index contributed by atoms with van der Waals surface area (Å²) in [7, 11) is 0. The predicted molar refractivity (Wildman–Crippen MR) is 103 cm³/mol. The van der Waals surface area contributed by atoms with Crippen LogP contribution in [-0.4, -0.2) is 0 Å². The largest absolute Gasteiger partial charge is 1.00 e. The summed E-state index contributed by atoms with van der Waals surface area (Å²) >= 11 is -0.645. The fourth-order valence-corrected chi connectivity index (χ4v) is 10.7. The van der Waals surface area contributed by atoms with Crippen LogP contribution < -0.4 is 24.8 Å². The number of hydrogen-bond acceptors (Lipinski definition) is 0. The molecule has 2 aromatic rings. The van der Waals surface area contributed by atoms with Gasteiger partial charge in [-0.05, 0) is 0 Å². The first-order valence-corrected chi connectivity index (χ1v) is 12.3. The van der Waals surface area contributed by atoms with E-state index in [2.05, 4.69) is 64.1 Å². The van der Waals surface area contributed by atoms with E-state index in [0.717, 1.165) is 7.25 Å². The smallest absolute Gasteiger partial charge is 1.00 e. The van der Waals surface area contributed by atoms with Gasteiger partial charge in [-0.2, -0.15) is 0 Å². The summed E-state index contributed by atoms with van der Waals surface area (Å²) in [6.07, 6.45) is 7.67. The van der Waals surface area contributed by atoms with Crippen LogP contribution in [-0.2, 0) is 23.2 Å². The molecule has 1 heterocycles. The molecule has 3 aliphatic rings. The van der Waals surface area contributed by atoms with Gasteiger partial charge in [0.25, 0.3) is 0 Å². The van der Waals surface area contributed by atoms with E-state index in [1.807, 2.05) is 0 Å². The van der Waals surface area contributed by atoms with Crippen LogP contribution >= 0.6 is 0 Å². The first kappa shape index (κ1) is 21.1. The molecule has 5 rings (SSSR count). The molecule has 0 nitrogen and oxygen atoms in total. The van der Waals surface area contributed by atoms with E-state index < -0.39 is 23.2 Å². The third kappa shape index (κ3) is 3.15. The van der Waals surface area contributed by atoms with Crippen molar-refractivity contribution in [1.29, 1.82) is 0 Å². The molecule has 1 fully saturated rings. The van der Waals surface area contributed by atoms with Gasteiger partial charge in [-0.15, -0.1) is 0 Å². The molecule has 2 aliphatic carbocycles. The van der Waals surface area contributed by atoms with Crippen LogP contribution in [0.2, 0.25) is 0 Å². The Labute approximate surface area is 186 Å². The van der Waals surface area contributed by atoms with Crippen molar-refractivity contribution in [2.45, 2.75) is 47.8 Å². The van der Waals surface area contributed by atoms with Gasteiger partial charge in [-0.1, -0.05) is 0 Å². The van der Waals surface area contributed by atoms with Crippen LogP contribution in [0.3, 0.4) is 0 Å². The minimum Gasteiger partial charge on any atom is -1.00 e. The van der Waals surface area contributed by atoms with Crippen LogP contribution in [0.15, 0.2) is 35.4 Å². The first-order chi connectivity index (χ1) is 12.0. The van der Waals surface area contributed by atoms with Crippen molar-refractivity contribution in [2.24, 2.45) is 0 Å². The maximum atomic E-state index is 2.56. The molecule has 0 radical (unpaired) electrons. The predicted octanol–water partition coefficient (Wildman–Crippen LogP) is 0.381. The van der Waals surface area contributed by atoms with Crippen LogP contribution in [0, 0.1) is 27.7 Å². The van der Waals surface area contributed by atoms with Gasteiger partial charge in [-0.3, -0.25) is 0 Å². The molecule has 1 saturated heterocycles. The average molecular weight is 475 g/mol. The number of allylic oxidation sites excluding steroid dienone is 2. The molecule has 0 N–H and O–H groups in total. The topological polar surface area (TPSA) is 0 Å². The fraction of sp³-hybridized carbons (Fsp3) is 0.333. The Morgan fingerprint density at radius 3 is 1.41 bits per heavy atom. The molecule has 3 heteroatoms. The Bertz CT molecular complexity index is 905. The first-order valence-electron chi connectivity index (χ1n) is 9.42. The second kappa shape index (κ2) is 7.66. The number of benzene rings is 2. The summed E-state index contributed by atoms with van der Waals surface area (Å²) < 4.78 is 1.58. The van der Waals surface area contributed by atoms with E-state index in [1.54, 1.807) is 33.4 Å². The minimum atomic E-state index is -0.645. The van der Waals surface area contributed by atoms with E-state index in [1.165, 1.54) is 35.1 Å². The number of rotatable bonds is 0. The Hall–Kier alpha value is -0.617. The molecule has 2 atom stereocenters.